The first-order valence-electron chi connectivity index (χ1n) is 4.88. The Hall–Kier alpha value is -1.56. The molecule has 0 atom stereocenters. The maximum Gasteiger partial charge on any atom is 0.321 e. The highest BCUT2D eigenvalue weighted by atomic mass is 32.2. The van der Waals surface area contributed by atoms with Crippen LogP contribution >= 0.6 is 11.8 Å². The molecule has 0 aromatic heterocycles. The number of non-ortho nitro benzene ring substituents is 1. The van der Waals surface area contributed by atoms with Crippen LogP contribution in [0.5, 0.6) is 0 Å². The van der Waals surface area contributed by atoms with E-state index in [0.29, 0.717) is 0 Å². The number of thioether (sulfide) groups is 1. The molecule has 1 aromatic rings. The van der Waals surface area contributed by atoms with Crippen molar-refractivity contribution in [3.63, 3.8) is 0 Å². The van der Waals surface area contributed by atoms with Gasteiger partial charge in [-0.15, -0.1) is 11.8 Å². The lowest BCUT2D eigenvalue weighted by Crippen LogP contribution is -2.28. The molecule has 0 N–H and O–H groups in total. The molecule has 1 aromatic carbocycles. The Labute approximate surface area is 103 Å². The Morgan fingerprint density at radius 3 is 2.29 bits per heavy atom. The summed E-state index contributed by atoms with van der Waals surface area (Å²) in [6.07, 6.45) is 0. The molecule has 0 aliphatic carbocycles. The summed E-state index contributed by atoms with van der Waals surface area (Å²) >= 11 is 1.30. The molecule has 1 rings (SSSR count). The number of hydrogen-bond acceptors (Lipinski definition) is 5. The lowest BCUT2D eigenvalue weighted by molar-refractivity contribution is -0.384. The smallest absolute Gasteiger partial charge is 0.321 e. The zero-order valence-corrected chi connectivity index (χ0v) is 10.6. The van der Waals surface area contributed by atoms with Crippen molar-refractivity contribution in [3.05, 3.63) is 34.4 Å². The maximum atomic E-state index is 11.5. The summed E-state index contributed by atoms with van der Waals surface area (Å²) in [6, 6.07) is 6.06. The standard InChI is InChI=1S/C11H13NO4S/c1-11(2,10(13)16-3)17-9-6-4-8(5-7-9)12(14)15/h4-7H,1-3H3. The third kappa shape index (κ3) is 3.45. The molecule has 0 amide bonds. The van der Waals surface area contributed by atoms with E-state index in [1.54, 1.807) is 26.0 Å². The van der Waals surface area contributed by atoms with Gasteiger partial charge in [0.25, 0.3) is 5.69 Å². The van der Waals surface area contributed by atoms with E-state index in [4.69, 9.17) is 0 Å². The molecule has 0 radical (unpaired) electrons. The summed E-state index contributed by atoms with van der Waals surface area (Å²) in [6.45, 7) is 3.48. The van der Waals surface area contributed by atoms with Gasteiger partial charge in [0, 0.05) is 17.0 Å². The molecule has 0 saturated heterocycles. The fraction of sp³-hybridized carbons (Fsp3) is 0.364. The molecule has 92 valence electrons. The average molecular weight is 255 g/mol. The number of methoxy groups -OCH3 is 1. The maximum absolute atomic E-state index is 11.5. The molecule has 0 bridgehead atoms. The number of hydrogen-bond donors (Lipinski definition) is 0. The first kappa shape index (κ1) is 13.5. The van der Waals surface area contributed by atoms with Gasteiger partial charge in [-0.3, -0.25) is 14.9 Å². The van der Waals surface area contributed by atoms with Gasteiger partial charge < -0.3 is 4.74 Å². The van der Waals surface area contributed by atoms with Crippen molar-refractivity contribution in [2.45, 2.75) is 23.5 Å². The van der Waals surface area contributed by atoms with E-state index in [1.165, 1.54) is 31.0 Å². The normalized spacial score (nSPS) is 11.0. The molecule has 0 unspecified atom stereocenters. The molecule has 0 aliphatic heterocycles. The van der Waals surface area contributed by atoms with Crippen LogP contribution in [-0.2, 0) is 9.53 Å². The number of ether oxygens (including phenoxy) is 1. The highest BCUT2D eigenvalue weighted by molar-refractivity contribution is 8.01. The SMILES string of the molecule is COC(=O)C(C)(C)Sc1ccc([N+](=O)[O-])cc1. The summed E-state index contributed by atoms with van der Waals surface area (Å²) in [4.78, 5) is 22.3. The molecular formula is C11H13NO4S. The molecule has 0 aliphatic rings. The van der Waals surface area contributed by atoms with Crippen LogP contribution in [0.15, 0.2) is 29.2 Å². The van der Waals surface area contributed by atoms with Crippen molar-refractivity contribution in [2.24, 2.45) is 0 Å². The molecule has 0 saturated carbocycles. The van der Waals surface area contributed by atoms with Crippen molar-refractivity contribution in [2.75, 3.05) is 7.11 Å². The Kier molecular flexibility index (Phi) is 4.11. The van der Waals surface area contributed by atoms with Gasteiger partial charge in [-0.25, -0.2) is 0 Å². The van der Waals surface area contributed by atoms with Gasteiger partial charge in [-0.1, -0.05) is 0 Å². The number of nitro groups is 1. The minimum Gasteiger partial charge on any atom is -0.468 e. The number of nitro benzene ring substituents is 1. The van der Waals surface area contributed by atoms with Crippen LogP contribution in [0.2, 0.25) is 0 Å². The molecule has 0 spiro atoms. The van der Waals surface area contributed by atoms with Crippen molar-refractivity contribution in [3.8, 4) is 0 Å². The molecule has 0 fully saturated rings. The lowest BCUT2D eigenvalue weighted by Gasteiger charge is -2.20. The molecule has 0 heterocycles. The van der Waals surface area contributed by atoms with E-state index in [1.807, 2.05) is 0 Å². The second-order valence-electron chi connectivity index (χ2n) is 3.85. The molecule has 5 nitrogen and oxygen atoms in total. The third-order valence-electron chi connectivity index (χ3n) is 2.10. The number of benzene rings is 1. The quantitative estimate of drug-likeness (QED) is 0.358. The van der Waals surface area contributed by atoms with Crippen molar-refractivity contribution >= 4 is 23.4 Å². The Morgan fingerprint density at radius 2 is 1.88 bits per heavy atom. The highest BCUT2D eigenvalue weighted by Gasteiger charge is 2.30. The molecular weight excluding hydrogens is 242 g/mol. The Balaban J connectivity index is 2.82. The average Bonchev–Trinajstić information content (AvgIpc) is 2.28. The van der Waals surface area contributed by atoms with Crippen LogP contribution in [0.3, 0.4) is 0 Å². The number of nitrogens with zero attached hydrogens (tertiary/aromatic N) is 1. The fourth-order valence-electron chi connectivity index (χ4n) is 1.22. The first-order chi connectivity index (χ1) is 7.86. The number of carbonyl (C=O) groups is 1. The number of esters is 1. The molecule has 17 heavy (non-hydrogen) atoms. The topological polar surface area (TPSA) is 69.4 Å². The minimum atomic E-state index is -0.717. The predicted octanol–water partition coefficient (Wildman–Crippen LogP) is 2.64. The van der Waals surface area contributed by atoms with Crippen LogP contribution in [0.4, 0.5) is 5.69 Å². The van der Waals surface area contributed by atoms with E-state index in [9.17, 15) is 14.9 Å². The van der Waals surface area contributed by atoms with E-state index in [2.05, 4.69) is 4.74 Å². The highest BCUT2D eigenvalue weighted by Crippen LogP contribution is 2.34. The van der Waals surface area contributed by atoms with Gasteiger partial charge in [-0.05, 0) is 26.0 Å². The lowest BCUT2D eigenvalue weighted by atomic mass is 10.2. The first-order valence-corrected chi connectivity index (χ1v) is 5.70. The van der Waals surface area contributed by atoms with Gasteiger partial charge >= 0.3 is 5.97 Å². The van der Waals surface area contributed by atoms with Crippen LogP contribution in [0.1, 0.15) is 13.8 Å². The van der Waals surface area contributed by atoms with E-state index >= 15 is 0 Å². The van der Waals surface area contributed by atoms with Crippen molar-refractivity contribution < 1.29 is 14.5 Å². The van der Waals surface area contributed by atoms with Crippen molar-refractivity contribution in [1.29, 1.82) is 0 Å². The van der Waals surface area contributed by atoms with Crippen LogP contribution in [-0.4, -0.2) is 22.7 Å². The van der Waals surface area contributed by atoms with Crippen LogP contribution < -0.4 is 0 Å². The third-order valence-corrected chi connectivity index (χ3v) is 3.28. The summed E-state index contributed by atoms with van der Waals surface area (Å²) in [5.41, 5.74) is 0.0326. The molecule has 6 heteroatoms. The largest absolute Gasteiger partial charge is 0.468 e. The van der Waals surface area contributed by atoms with E-state index < -0.39 is 9.67 Å². The van der Waals surface area contributed by atoms with Gasteiger partial charge in [0.15, 0.2) is 0 Å². The second-order valence-corrected chi connectivity index (χ2v) is 5.55. The van der Waals surface area contributed by atoms with Gasteiger partial charge in [0.05, 0.1) is 12.0 Å². The fourth-order valence-corrected chi connectivity index (χ4v) is 2.25. The summed E-state index contributed by atoms with van der Waals surface area (Å²) < 4.78 is 3.96. The summed E-state index contributed by atoms with van der Waals surface area (Å²) in [5, 5.41) is 10.5. The van der Waals surface area contributed by atoms with Crippen molar-refractivity contribution in [1.82, 2.24) is 0 Å². The predicted molar refractivity (Wildman–Crippen MR) is 65.0 cm³/mol. The van der Waals surface area contributed by atoms with Gasteiger partial charge in [0.1, 0.15) is 4.75 Å². The second kappa shape index (κ2) is 5.18. The zero-order chi connectivity index (χ0) is 13.1. The summed E-state index contributed by atoms with van der Waals surface area (Å²) in [5.74, 6) is -0.333. The number of carbonyl (C=O) groups excluding carboxylic acids is 1. The number of rotatable bonds is 4. The summed E-state index contributed by atoms with van der Waals surface area (Å²) in [7, 11) is 1.33. The zero-order valence-electron chi connectivity index (χ0n) is 9.80. The minimum absolute atomic E-state index is 0.0326. The Bertz CT molecular complexity index is 428. The monoisotopic (exact) mass is 255 g/mol. The van der Waals surface area contributed by atoms with Gasteiger partial charge in [-0.2, -0.15) is 0 Å². The Morgan fingerprint density at radius 1 is 1.35 bits per heavy atom. The van der Waals surface area contributed by atoms with Crippen LogP contribution in [0, 0.1) is 10.1 Å². The van der Waals surface area contributed by atoms with Gasteiger partial charge in [0.2, 0.25) is 0 Å². The van der Waals surface area contributed by atoms with E-state index in [-0.39, 0.29) is 11.7 Å². The van der Waals surface area contributed by atoms with Crippen LogP contribution in [0.25, 0.3) is 0 Å². The van der Waals surface area contributed by atoms with E-state index in [0.717, 1.165) is 4.90 Å².